The van der Waals surface area contributed by atoms with Crippen LogP contribution in [0.15, 0.2) is 66.9 Å². The summed E-state index contributed by atoms with van der Waals surface area (Å²) in [6, 6.07) is 20.6. The van der Waals surface area contributed by atoms with Crippen molar-refractivity contribution in [2.24, 2.45) is 0 Å². The van der Waals surface area contributed by atoms with Crippen LogP contribution >= 0.6 is 0 Å². The third-order valence-electron chi connectivity index (χ3n) is 5.98. The summed E-state index contributed by atoms with van der Waals surface area (Å²) in [6.07, 6.45) is 5.36. The highest BCUT2D eigenvalue weighted by Crippen LogP contribution is 2.26. The molecule has 156 valence electrons. The summed E-state index contributed by atoms with van der Waals surface area (Å²) in [5.74, 6) is -0.0832. The molecule has 1 aliphatic heterocycles. The van der Waals surface area contributed by atoms with Gasteiger partial charge in [-0.3, -0.25) is 4.79 Å². The van der Waals surface area contributed by atoms with Gasteiger partial charge in [-0.05, 0) is 37.6 Å². The van der Waals surface area contributed by atoms with Crippen LogP contribution in [0.25, 0.3) is 0 Å². The Hall–Kier alpha value is -2.99. The van der Waals surface area contributed by atoms with Gasteiger partial charge in [0.2, 0.25) is 0 Å². The Morgan fingerprint density at radius 2 is 1.70 bits per heavy atom. The Balaban J connectivity index is 1.56. The molecule has 1 atom stereocenters. The van der Waals surface area contributed by atoms with Crippen LogP contribution in [-0.4, -0.2) is 63.9 Å². The number of benzene rings is 2. The van der Waals surface area contributed by atoms with Gasteiger partial charge in [0.1, 0.15) is 6.04 Å². The monoisotopic (exact) mass is 403 g/mol. The molecule has 6 nitrogen and oxygen atoms in total. The van der Waals surface area contributed by atoms with Crippen molar-refractivity contribution < 1.29 is 4.79 Å². The maximum absolute atomic E-state index is 13.0. The van der Waals surface area contributed by atoms with E-state index in [9.17, 15) is 4.79 Å². The fourth-order valence-corrected chi connectivity index (χ4v) is 4.24. The summed E-state index contributed by atoms with van der Waals surface area (Å²) < 4.78 is 1.79. The maximum atomic E-state index is 13.0. The first-order chi connectivity index (χ1) is 14.6. The molecule has 0 saturated carbocycles. The molecular weight excluding hydrogens is 374 g/mol. The zero-order chi connectivity index (χ0) is 20.9. The van der Waals surface area contributed by atoms with Gasteiger partial charge in [0.25, 0.3) is 5.91 Å². The molecule has 0 bridgehead atoms. The standard InChI is InChI=1S/C24H29N5O/c1-27-16-10-9-15-21(27)17-28(2)24(30)22-18-29(26-25-22)23(19-11-5-3-6-12-19)20-13-7-4-8-14-20/h3-8,11-14,18,21,23H,9-10,15-17H2,1-2H3/t21-/m1/s1. The van der Waals surface area contributed by atoms with Crippen molar-refractivity contribution in [3.8, 4) is 0 Å². The zero-order valence-electron chi connectivity index (χ0n) is 17.7. The number of nitrogens with zero attached hydrogens (tertiary/aromatic N) is 5. The van der Waals surface area contributed by atoms with E-state index in [0.29, 0.717) is 18.3 Å². The van der Waals surface area contributed by atoms with Gasteiger partial charge < -0.3 is 9.80 Å². The number of likely N-dealkylation sites (tertiary alicyclic amines) is 1. The summed E-state index contributed by atoms with van der Waals surface area (Å²) in [5, 5.41) is 8.57. The van der Waals surface area contributed by atoms with Crippen LogP contribution in [0, 0.1) is 0 Å². The molecule has 2 aromatic carbocycles. The Morgan fingerprint density at radius 3 is 2.30 bits per heavy atom. The van der Waals surface area contributed by atoms with E-state index in [2.05, 4.69) is 46.5 Å². The molecule has 4 rings (SSSR count). The Kier molecular flexibility index (Phi) is 6.23. The number of likely N-dealkylation sites (N-methyl/N-ethyl adjacent to an activating group) is 2. The van der Waals surface area contributed by atoms with Gasteiger partial charge in [0, 0.05) is 19.6 Å². The van der Waals surface area contributed by atoms with E-state index in [1.807, 2.05) is 43.4 Å². The lowest BCUT2D eigenvalue weighted by Crippen LogP contribution is -2.45. The second-order valence-corrected chi connectivity index (χ2v) is 8.12. The van der Waals surface area contributed by atoms with Crippen molar-refractivity contribution in [2.45, 2.75) is 31.3 Å². The Bertz CT molecular complexity index is 916. The minimum Gasteiger partial charge on any atom is -0.339 e. The number of hydrogen-bond acceptors (Lipinski definition) is 4. The van der Waals surface area contributed by atoms with Gasteiger partial charge in [0.15, 0.2) is 5.69 Å². The van der Waals surface area contributed by atoms with Crippen molar-refractivity contribution in [1.82, 2.24) is 24.8 Å². The first kappa shape index (κ1) is 20.3. The lowest BCUT2D eigenvalue weighted by atomic mass is 9.99. The molecule has 0 radical (unpaired) electrons. The first-order valence-electron chi connectivity index (χ1n) is 10.6. The summed E-state index contributed by atoms with van der Waals surface area (Å²) in [4.78, 5) is 17.2. The topological polar surface area (TPSA) is 54.3 Å². The predicted octanol–water partition coefficient (Wildman–Crippen LogP) is 3.47. The average Bonchev–Trinajstić information content (AvgIpc) is 3.26. The Morgan fingerprint density at radius 1 is 1.07 bits per heavy atom. The lowest BCUT2D eigenvalue weighted by molar-refractivity contribution is 0.0711. The highest BCUT2D eigenvalue weighted by Gasteiger charge is 2.25. The number of carbonyl (C=O) groups is 1. The van der Waals surface area contributed by atoms with Crippen molar-refractivity contribution in [3.63, 3.8) is 0 Å². The van der Waals surface area contributed by atoms with Gasteiger partial charge in [-0.25, -0.2) is 4.68 Å². The number of piperidine rings is 1. The minimum atomic E-state index is -0.128. The fourth-order valence-electron chi connectivity index (χ4n) is 4.24. The van der Waals surface area contributed by atoms with Crippen LogP contribution in [0.4, 0.5) is 0 Å². The molecule has 3 aromatic rings. The summed E-state index contributed by atoms with van der Waals surface area (Å²) >= 11 is 0. The van der Waals surface area contributed by atoms with Gasteiger partial charge >= 0.3 is 0 Å². The number of hydrogen-bond donors (Lipinski definition) is 0. The van der Waals surface area contributed by atoms with Crippen LogP contribution in [0.5, 0.6) is 0 Å². The van der Waals surface area contributed by atoms with Crippen molar-refractivity contribution in [2.75, 3.05) is 27.2 Å². The van der Waals surface area contributed by atoms with Gasteiger partial charge in [-0.2, -0.15) is 0 Å². The molecule has 1 amide bonds. The van der Waals surface area contributed by atoms with Crippen molar-refractivity contribution in [1.29, 1.82) is 0 Å². The first-order valence-corrected chi connectivity index (χ1v) is 10.6. The van der Waals surface area contributed by atoms with E-state index in [1.165, 1.54) is 12.8 Å². The van der Waals surface area contributed by atoms with Crippen molar-refractivity contribution in [3.05, 3.63) is 83.7 Å². The highest BCUT2D eigenvalue weighted by atomic mass is 16.2. The highest BCUT2D eigenvalue weighted by molar-refractivity contribution is 5.91. The van der Waals surface area contributed by atoms with Crippen LogP contribution < -0.4 is 0 Å². The molecule has 0 spiro atoms. The third kappa shape index (κ3) is 4.44. The maximum Gasteiger partial charge on any atom is 0.275 e. The van der Waals surface area contributed by atoms with E-state index in [1.54, 1.807) is 15.8 Å². The van der Waals surface area contributed by atoms with E-state index >= 15 is 0 Å². The largest absolute Gasteiger partial charge is 0.339 e. The van der Waals surface area contributed by atoms with Crippen LogP contribution in [-0.2, 0) is 0 Å². The minimum absolute atomic E-state index is 0.0832. The van der Waals surface area contributed by atoms with Crippen LogP contribution in [0.2, 0.25) is 0 Å². The van der Waals surface area contributed by atoms with Gasteiger partial charge in [-0.1, -0.05) is 72.3 Å². The van der Waals surface area contributed by atoms with Crippen LogP contribution in [0.1, 0.15) is 46.9 Å². The third-order valence-corrected chi connectivity index (χ3v) is 5.98. The molecule has 0 N–H and O–H groups in total. The number of rotatable bonds is 6. The molecular formula is C24H29N5O. The summed E-state index contributed by atoms with van der Waals surface area (Å²) in [5.41, 5.74) is 2.59. The summed E-state index contributed by atoms with van der Waals surface area (Å²) in [7, 11) is 4.00. The number of carbonyl (C=O) groups excluding carboxylic acids is 1. The second-order valence-electron chi connectivity index (χ2n) is 8.12. The molecule has 1 fully saturated rings. The quantitative estimate of drug-likeness (QED) is 0.632. The van der Waals surface area contributed by atoms with Crippen molar-refractivity contribution >= 4 is 5.91 Å². The molecule has 30 heavy (non-hydrogen) atoms. The smallest absolute Gasteiger partial charge is 0.275 e. The molecule has 2 heterocycles. The van der Waals surface area contributed by atoms with E-state index in [-0.39, 0.29) is 11.9 Å². The lowest BCUT2D eigenvalue weighted by Gasteiger charge is -2.34. The zero-order valence-corrected chi connectivity index (χ0v) is 17.7. The van der Waals surface area contributed by atoms with Gasteiger partial charge in [0.05, 0.1) is 6.20 Å². The van der Waals surface area contributed by atoms with E-state index < -0.39 is 0 Å². The Labute approximate surface area is 178 Å². The normalized spacial score (nSPS) is 17.2. The predicted molar refractivity (Wildman–Crippen MR) is 117 cm³/mol. The summed E-state index contributed by atoms with van der Waals surface area (Å²) in [6.45, 7) is 1.81. The molecule has 1 aromatic heterocycles. The number of aromatic nitrogens is 3. The second kappa shape index (κ2) is 9.22. The molecule has 0 unspecified atom stereocenters. The van der Waals surface area contributed by atoms with E-state index in [0.717, 1.165) is 24.1 Å². The molecule has 6 heteroatoms. The SMILES string of the molecule is CN(C[C@H]1CCCCN1C)C(=O)c1cn(C(c2ccccc2)c2ccccc2)nn1. The molecule has 0 aliphatic carbocycles. The van der Waals surface area contributed by atoms with E-state index in [4.69, 9.17) is 0 Å². The number of amides is 1. The fraction of sp³-hybridized carbons (Fsp3) is 0.375. The van der Waals surface area contributed by atoms with Gasteiger partial charge in [-0.15, -0.1) is 5.10 Å². The molecule has 1 aliphatic rings. The van der Waals surface area contributed by atoms with Crippen LogP contribution in [0.3, 0.4) is 0 Å². The average molecular weight is 404 g/mol. The molecule has 1 saturated heterocycles.